The fourth-order valence-electron chi connectivity index (χ4n) is 1.01. The molecule has 0 aromatic carbocycles. The second-order valence-corrected chi connectivity index (χ2v) is 4.31. The zero-order chi connectivity index (χ0) is 11.7. The van der Waals surface area contributed by atoms with E-state index in [2.05, 4.69) is 17.9 Å². The summed E-state index contributed by atoms with van der Waals surface area (Å²) in [5.74, 6) is -0.146. The summed E-state index contributed by atoms with van der Waals surface area (Å²) in [5, 5.41) is 1.30. The first-order chi connectivity index (χ1) is 7.13. The third-order valence-corrected chi connectivity index (χ3v) is 2.88. The molecule has 0 saturated carbocycles. The smallest absolute Gasteiger partial charge is 0.293 e. The lowest BCUT2D eigenvalue weighted by Gasteiger charge is -2.12. The van der Waals surface area contributed by atoms with Gasteiger partial charge in [-0.05, 0) is 11.5 Å². The molecule has 15 heavy (non-hydrogen) atoms. The molecule has 0 amide bonds. The van der Waals surface area contributed by atoms with Crippen LogP contribution < -0.4 is 0 Å². The molecule has 5 heteroatoms. The zero-order valence-corrected chi connectivity index (χ0v) is 9.20. The van der Waals surface area contributed by atoms with Crippen LogP contribution in [0.1, 0.15) is 6.42 Å². The molecule has 0 spiro atoms. The number of allylic oxidation sites excluding steroid dienone is 1. The maximum Gasteiger partial charge on any atom is 0.293 e. The van der Waals surface area contributed by atoms with Crippen molar-refractivity contribution >= 4 is 23.1 Å². The van der Waals surface area contributed by atoms with Gasteiger partial charge in [-0.3, -0.25) is 13.8 Å². The van der Waals surface area contributed by atoms with E-state index in [1.807, 2.05) is 0 Å². The van der Waals surface area contributed by atoms with E-state index < -0.39 is 10.8 Å². The van der Waals surface area contributed by atoms with Crippen molar-refractivity contribution in [1.29, 1.82) is 0 Å². The lowest BCUT2D eigenvalue weighted by atomic mass is 10.1. The summed E-state index contributed by atoms with van der Waals surface area (Å²) < 4.78 is 15.7. The molecule has 0 fully saturated rings. The largest absolute Gasteiger partial charge is 0.468 e. The molecule has 0 aliphatic carbocycles. The van der Waals surface area contributed by atoms with Crippen LogP contribution in [0, 0.1) is 5.92 Å². The van der Waals surface area contributed by atoms with E-state index in [0.29, 0.717) is 6.47 Å². The number of hydrogen-bond acceptors (Lipinski definition) is 4. The molecule has 2 atom stereocenters. The maximum atomic E-state index is 11.2. The van der Waals surface area contributed by atoms with E-state index in [4.69, 9.17) is 0 Å². The molecular weight excluding hydrogens is 216 g/mol. The molecule has 84 valence electrons. The average Bonchev–Trinajstić information content (AvgIpc) is 2.25. The van der Waals surface area contributed by atoms with Gasteiger partial charge in [0.25, 0.3) is 6.47 Å². The van der Waals surface area contributed by atoms with Crippen LogP contribution in [0.15, 0.2) is 24.6 Å². The highest BCUT2D eigenvalue weighted by Gasteiger charge is 2.15. The fraction of sp³-hybridized carbons (Fsp3) is 0.400. The molecular formula is C10H14O4S. The first kappa shape index (κ1) is 13.8. The number of ketones is 1. The molecule has 0 radical (unpaired) electrons. The van der Waals surface area contributed by atoms with E-state index in [9.17, 15) is 13.8 Å². The number of carbonyl (C=O) groups is 2. The number of ether oxygens (including phenoxy) is 1. The Hall–Kier alpha value is -1.23. The van der Waals surface area contributed by atoms with Gasteiger partial charge in [-0.1, -0.05) is 13.2 Å². The molecule has 0 rings (SSSR count). The van der Waals surface area contributed by atoms with Crippen LogP contribution in [0.25, 0.3) is 0 Å². The minimum atomic E-state index is -1.20. The molecule has 0 aromatic heterocycles. The first-order valence-electron chi connectivity index (χ1n) is 4.34. The monoisotopic (exact) mass is 230 g/mol. The van der Waals surface area contributed by atoms with Crippen LogP contribution >= 0.6 is 0 Å². The average molecular weight is 230 g/mol. The summed E-state index contributed by atoms with van der Waals surface area (Å²) >= 11 is 0. The van der Waals surface area contributed by atoms with Crippen molar-refractivity contribution in [3.05, 3.63) is 24.6 Å². The second-order valence-electron chi connectivity index (χ2n) is 2.88. The molecule has 0 aliphatic heterocycles. The van der Waals surface area contributed by atoms with Gasteiger partial charge in [0.15, 0.2) is 5.78 Å². The summed E-state index contributed by atoms with van der Waals surface area (Å²) in [5.41, 5.74) is 0. The van der Waals surface area contributed by atoms with E-state index in [1.54, 1.807) is 0 Å². The van der Waals surface area contributed by atoms with E-state index in [1.165, 1.54) is 11.5 Å². The van der Waals surface area contributed by atoms with Crippen LogP contribution in [0.2, 0.25) is 0 Å². The Morgan fingerprint density at radius 2 is 2.13 bits per heavy atom. The standard InChI is InChI=1S/C10H14O4S/c1-3-10(12)5-9(6-14-8-11)7-15(13)4-2/h3-4,8-9H,1-2,5-7H2. The van der Waals surface area contributed by atoms with Crippen molar-refractivity contribution < 1.29 is 18.5 Å². The Bertz CT molecular complexity index is 251. The lowest BCUT2D eigenvalue weighted by molar-refractivity contribution is -0.130. The maximum absolute atomic E-state index is 11.2. The van der Waals surface area contributed by atoms with Gasteiger partial charge < -0.3 is 4.74 Å². The van der Waals surface area contributed by atoms with Gasteiger partial charge in [0.2, 0.25) is 0 Å². The van der Waals surface area contributed by atoms with Gasteiger partial charge in [-0.25, -0.2) is 0 Å². The summed E-state index contributed by atoms with van der Waals surface area (Å²) in [6.45, 7) is 7.11. The van der Waals surface area contributed by atoms with Crippen LogP contribution in [0.5, 0.6) is 0 Å². The minimum absolute atomic E-state index is 0.0860. The lowest BCUT2D eigenvalue weighted by Crippen LogP contribution is -2.19. The minimum Gasteiger partial charge on any atom is -0.468 e. The Balaban J connectivity index is 4.21. The van der Waals surface area contributed by atoms with Gasteiger partial charge in [-0.15, -0.1) is 0 Å². The van der Waals surface area contributed by atoms with Gasteiger partial charge >= 0.3 is 0 Å². The van der Waals surface area contributed by atoms with Crippen molar-refractivity contribution in [2.45, 2.75) is 6.42 Å². The Morgan fingerprint density at radius 3 is 2.60 bits per heavy atom. The van der Waals surface area contributed by atoms with Crippen LogP contribution in [-0.4, -0.2) is 28.8 Å². The second kappa shape index (κ2) is 8.11. The SMILES string of the molecule is C=CC(=O)CC(COC=O)CS(=O)C=C. The van der Waals surface area contributed by atoms with Crippen molar-refractivity contribution in [2.24, 2.45) is 5.92 Å². The highest BCUT2D eigenvalue weighted by molar-refractivity contribution is 7.87. The Morgan fingerprint density at radius 1 is 1.47 bits per heavy atom. The number of hydrogen-bond donors (Lipinski definition) is 0. The quantitative estimate of drug-likeness (QED) is 0.434. The third kappa shape index (κ3) is 6.79. The topological polar surface area (TPSA) is 60.4 Å². The van der Waals surface area contributed by atoms with Gasteiger partial charge in [-0.2, -0.15) is 0 Å². The summed E-state index contributed by atoms with van der Waals surface area (Å²) in [4.78, 5) is 21.1. The normalized spacial score (nSPS) is 13.6. The fourth-order valence-corrected chi connectivity index (χ4v) is 1.82. The van der Waals surface area contributed by atoms with Crippen LogP contribution in [-0.2, 0) is 25.1 Å². The third-order valence-electron chi connectivity index (χ3n) is 1.70. The Labute approximate surface area is 91.5 Å². The predicted octanol–water partition coefficient (Wildman–Crippen LogP) is 0.813. The van der Waals surface area contributed by atoms with Crippen LogP contribution in [0.4, 0.5) is 0 Å². The molecule has 0 aromatic rings. The summed E-state index contributed by atoms with van der Waals surface area (Å²) in [6, 6.07) is 0. The molecule has 0 N–H and O–H groups in total. The van der Waals surface area contributed by atoms with E-state index in [-0.39, 0.29) is 30.5 Å². The Kier molecular flexibility index (Phi) is 7.44. The van der Waals surface area contributed by atoms with Gasteiger partial charge in [0.1, 0.15) is 0 Å². The number of rotatable bonds is 9. The van der Waals surface area contributed by atoms with Gasteiger partial charge in [0.05, 0.1) is 6.61 Å². The molecule has 0 bridgehead atoms. The molecule has 4 nitrogen and oxygen atoms in total. The van der Waals surface area contributed by atoms with E-state index in [0.717, 1.165) is 0 Å². The summed E-state index contributed by atoms with van der Waals surface area (Å²) in [6.07, 6.45) is 1.38. The van der Waals surface area contributed by atoms with Crippen LogP contribution in [0.3, 0.4) is 0 Å². The molecule has 0 aliphatic rings. The highest BCUT2D eigenvalue weighted by Crippen LogP contribution is 2.07. The zero-order valence-electron chi connectivity index (χ0n) is 8.39. The molecule has 2 unspecified atom stereocenters. The van der Waals surface area contributed by atoms with Crippen molar-refractivity contribution in [1.82, 2.24) is 0 Å². The highest BCUT2D eigenvalue weighted by atomic mass is 32.2. The molecule has 0 saturated heterocycles. The first-order valence-corrected chi connectivity index (χ1v) is 5.72. The number of carbonyl (C=O) groups excluding carboxylic acids is 2. The van der Waals surface area contributed by atoms with Gasteiger partial charge in [0, 0.05) is 28.9 Å². The summed E-state index contributed by atoms with van der Waals surface area (Å²) in [7, 11) is -1.20. The van der Waals surface area contributed by atoms with E-state index >= 15 is 0 Å². The predicted molar refractivity (Wildman–Crippen MR) is 58.5 cm³/mol. The van der Waals surface area contributed by atoms with Crippen molar-refractivity contribution in [2.75, 3.05) is 12.4 Å². The van der Waals surface area contributed by atoms with Crippen molar-refractivity contribution in [3.8, 4) is 0 Å². The van der Waals surface area contributed by atoms with Crippen molar-refractivity contribution in [3.63, 3.8) is 0 Å². The molecule has 0 heterocycles.